The first kappa shape index (κ1) is 13.4. The number of hydrogen-bond acceptors (Lipinski definition) is 3. The molecule has 0 aromatic heterocycles. The number of benzene rings is 1. The van der Waals surface area contributed by atoms with E-state index in [9.17, 15) is 9.59 Å². The van der Waals surface area contributed by atoms with E-state index in [1.165, 1.54) is 4.90 Å². The van der Waals surface area contributed by atoms with Gasteiger partial charge in [0.1, 0.15) is 17.3 Å². The van der Waals surface area contributed by atoms with Gasteiger partial charge in [0.25, 0.3) is 5.91 Å². The molecule has 0 aliphatic carbocycles. The fourth-order valence-corrected chi connectivity index (χ4v) is 2.14. The number of amides is 2. The summed E-state index contributed by atoms with van der Waals surface area (Å²) >= 11 is 0. The Balaban J connectivity index is 2.39. The van der Waals surface area contributed by atoms with Crippen molar-refractivity contribution in [3.63, 3.8) is 0 Å². The van der Waals surface area contributed by atoms with Crippen LogP contribution in [0.5, 0.6) is 5.75 Å². The zero-order chi connectivity index (χ0) is 14.2. The van der Waals surface area contributed by atoms with Gasteiger partial charge in [-0.05, 0) is 45.0 Å². The molecule has 1 heterocycles. The molecular weight excluding hydrogens is 244 g/mol. The maximum Gasteiger partial charge on any atom is 0.252 e. The topological polar surface area (TPSA) is 58.6 Å². The van der Waals surface area contributed by atoms with E-state index < -0.39 is 11.6 Å². The first-order valence-electron chi connectivity index (χ1n) is 6.16. The van der Waals surface area contributed by atoms with Crippen LogP contribution in [0.25, 0.3) is 0 Å². The minimum absolute atomic E-state index is 0.121. The number of hydrogen-bond donors (Lipinski definition) is 1. The molecule has 0 bridgehead atoms. The van der Waals surface area contributed by atoms with Crippen LogP contribution in [0.2, 0.25) is 0 Å². The van der Waals surface area contributed by atoms with Crippen LogP contribution < -0.4 is 15.0 Å². The Kier molecular flexibility index (Phi) is 3.22. The largest absolute Gasteiger partial charge is 0.497 e. The van der Waals surface area contributed by atoms with E-state index in [0.29, 0.717) is 11.4 Å². The molecule has 2 amide bonds. The minimum Gasteiger partial charge on any atom is -0.497 e. The van der Waals surface area contributed by atoms with Crippen LogP contribution >= 0.6 is 0 Å². The Morgan fingerprint density at radius 3 is 2.32 bits per heavy atom. The number of carbonyl (C=O) groups excluding carboxylic acids is 2. The number of nitrogens with zero attached hydrogens (tertiary/aromatic N) is 1. The predicted octanol–water partition coefficient (Wildman–Crippen LogP) is 1.33. The highest BCUT2D eigenvalue weighted by molar-refractivity contribution is 6.10. The third-order valence-electron chi connectivity index (χ3n) is 3.31. The third-order valence-corrected chi connectivity index (χ3v) is 3.31. The van der Waals surface area contributed by atoms with Crippen molar-refractivity contribution in [3.8, 4) is 5.75 Å². The summed E-state index contributed by atoms with van der Waals surface area (Å²) in [6.07, 6.45) is 0. The molecule has 2 rings (SSSR count). The van der Waals surface area contributed by atoms with Gasteiger partial charge >= 0.3 is 0 Å². The van der Waals surface area contributed by atoms with Crippen LogP contribution in [0, 0.1) is 0 Å². The van der Waals surface area contributed by atoms with Crippen molar-refractivity contribution in [3.05, 3.63) is 24.3 Å². The zero-order valence-corrected chi connectivity index (χ0v) is 11.6. The number of carbonyl (C=O) groups is 2. The summed E-state index contributed by atoms with van der Waals surface area (Å²) in [6, 6.07) is 6.59. The summed E-state index contributed by atoms with van der Waals surface area (Å²) in [4.78, 5) is 25.9. The SMILES string of the molecule is COc1ccc(N2C(=O)C(C)(C)NC(=O)C2C)cc1. The second kappa shape index (κ2) is 4.57. The molecule has 1 aromatic rings. The second-order valence-corrected chi connectivity index (χ2v) is 5.16. The van der Waals surface area contributed by atoms with Crippen molar-refractivity contribution in [2.75, 3.05) is 12.0 Å². The lowest BCUT2D eigenvalue weighted by Crippen LogP contribution is -2.67. The molecule has 1 aliphatic rings. The van der Waals surface area contributed by atoms with Crippen molar-refractivity contribution in [2.24, 2.45) is 0 Å². The summed E-state index contributed by atoms with van der Waals surface area (Å²) in [6.45, 7) is 5.12. The van der Waals surface area contributed by atoms with Gasteiger partial charge in [0.2, 0.25) is 5.91 Å². The molecule has 5 heteroatoms. The fraction of sp³-hybridized carbons (Fsp3) is 0.429. The van der Waals surface area contributed by atoms with Crippen molar-refractivity contribution in [1.82, 2.24) is 5.32 Å². The van der Waals surface area contributed by atoms with Crippen LogP contribution in [0.3, 0.4) is 0 Å². The van der Waals surface area contributed by atoms with Crippen LogP contribution in [0.1, 0.15) is 20.8 Å². The summed E-state index contributed by atoms with van der Waals surface area (Å²) in [5.74, 6) is 0.440. The molecule has 0 spiro atoms. The van der Waals surface area contributed by atoms with E-state index in [2.05, 4.69) is 5.32 Å². The van der Waals surface area contributed by atoms with Crippen molar-refractivity contribution < 1.29 is 14.3 Å². The van der Waals surface area contributed by atoms with E-state index in [1.54, 1.807) is 52.1 Å². The zero-order valence-electron chi connectivity index (χ0n) is 11.6. The van der Waals surface area contributed by atoms with Gasteiger partial charge in [-0.1, -0.05) is 0 Å². The molecule has 19 heavy (non-hydrogen) atoms. The summed E-state index contributed by atoms with van der Waals surface area (Å²) < 4.78 is 5.09. The van der Waals surface area contributed by atoms with Gasteiger partial charge in [0, 0.05) is 5.69 Å². The van der Waals surface area contributed by atoms with Crippen molar-refractivity contribution in [1.29, 1.82) is 0 Å². The molecule has 5 nitrogen and oxygen atoms in total. The Labute approximate surface area is 112 Å². The molecule has 1 fully saturated rings. The van der Waals surface area contributed by atoms with Crippen LogP contribution in [-0.4, -0.2) is 30.5 Å². The van der Waals surface area contributed by atoms with Crippen LogP contribution in [0.4, 0.5) is 5.69 Å². The molecule has 0 saturated carbocycles. The molecule has 1 aliphatic heterocycles. The maximum absolute atomic E-state index is 12.4. The summed E-state index contributed by atoms with van der Waals surface area (Å²) in [5.41, 5.74) is -0.190. The van der Waals surface area contributed by atoms with Gasteiger partial charge in [-0.2, -0.15) is 0 Å². The van der Waals surface area contributed by atoms with Gasteiger partial charge in [-0.3, -0.25) is 14.5 Å². The molecule has 0 radical (unpaired) electrons. The molecule has 1 aromatic carbocycles. The predicted molar refractivity (Wildman–Crippen MR) is 72.2 cm³/mol. The maximum atomic E-state index is 12.4. The fourth-order valence-electron chi connectivity index (χ4n) is 2.14. The molecular formula is C14H18N2O3. The van der Waals surface area contributed by atoms with Crippen molar-refractivity contribution >= 4 is 17.5 Å². The number of methoxy groups -OCH3 is 1. The average molecular weight is 262 g/mol. The van der Waals surface area contributed by atoms with E-state index in [-0.39, 0.29) is 11.8 Å². The van der Waals surface area contributed by atoms with Crippen LogP contribution in [-0.2, 0) is 9.59 Å². The lowest BCUT2D eigenvalue weighted by atomic mass is 9.96. The number of piperazine rings is 1. The lowest BCUT2D eigenvalue weighted by molar-refractivity contribution is -0.136. The highest BCUT2D eigenvalue weighted by Gasteiger charge is 2.43. The lowest BCUT2D eigenvalue weighted by Gasteiger charge is -2.41. The summed E-state index contributed by atoms with van der Waals surface area (Å²) in [5, 5.41) is 2.72. The van der Waals surface area contributed by atoms with Crippen LogP contribution in [0.15, 0.2) is 24.3 Å². The van der Waals surface area contributed by atoms with E-state index in [0.717, 1.165) is 0 Å². The Morgan fingerprint density at radius 2 is 1.79 bits per heavy atom. The number of rotatable bonds is 2. The number of anilines is 1. The van der Waals surface area contributed by atoms with E-state index in [1.807, 2.05) is 0 Å². The third kappa shape index (κ3) is 2.28. The molecule has 1 N–H and O–H groups in total. The number of ether oxygens (including phenoxy) is 1. The van der Waals surface area contributed by atoms with Gasteiger partial charge in [0.05, 0.1) is 7.11 Å². The Bertz CT molecular complexity index is 508. The normalized spacial score (nSPS) is 22.1. The Morgan fingerprint density at radius 1 is 1.21 bits per heavy atom. The quantitative estimate of drug-likeness (QED) is 0.874. The molecule has 1 atom stereocenters. The van der Waals surface area contributed by atoms with Gasteiger partial charge in [0.15, 0.2) is 0 Å². The standard InChI is InChI=1S/C14H18N2O3/c1-9-12(17)15-14(2,3)13(18)16(9)10-5-7-11(19-4)8-6-10/h5-9H,1-4H3,(H,15,17). The number of nitrogens with one attached hydrogen (secondary N) is 1. The first-order chi connectivity index (χ1) is 8.86. The minimum atomic E-state index is -0.885. The highest BCUT2D eigenvalue weighted by Crippen LogP contribution is 2.26. The van der Waals surface area contributed by atoms with Gasteiger partial charge in [-0.25, -0.2) is 0 Å². The highest BCUT2D eigenvalue weighted by atomic mass is 16.5. The van der Waals surface area contributed by atoms with E-state index >= 15 is 0 Å². The molecule has 1 unspecified atom stereocenters. The first-order valence-corrected chi connectivity index (χ1v) is 6.16. The Hall–Kier alpha value is -2.04. The monoisotopic (exact) mass is 262 g/mol. The second-order valence-electron chi connectivity index (χ2n) is 5.16. The summed E-state index contributed by atoms with van der Waals surface area (Å²) in [7, 11) is 1.58. The smallest absolute Gasteiger partial charge is 0.252 e. The molecule has 1 saturated heterocycles. The van der Waals surface area contributed by atoms with E-state index in [4.69, 9.17) is 4.74 Å². The van der Waals surface area contributed by atoms with Crippen molar-refractivity contribution in [2.45, 2.75) is 32.4 Å². The van der Waals surface area contributed by atoms with Gasteiger partial charge in [-0.15, -0.1) is 0 Å². The molecule has 102 valence electrons. The average Bonchev–Trinajstić information content (AvgIpc) is 2.37. The van der Waals surface area contributed by atoms with Gasteiger partial charge < -0.3 is 10.1 Å².